The number of tetrazole rings is 1. The summed E-state index contributed by atoms with van der Waals surface area (Å²) in [5.74, 6) is 0. The molecule has 0 aliphatic carbocycles. The van der Waals surface area contributed by atoms with E-state index < -0.39 is 11.7 Å². The van der Waals surface area contributed by atoms with Crippen LogP contribution in [0.3, 0.4) is 0 Å². The second-order valence-electron chi connectivity index (χ2n) is 3.11. The fourth-order valence-electron chi connectivity index (χ4n) is 1.23. The molecule has 0 fully saturated rings. The van der Waals surface area contributed by atoms with Crippen molar-refractivity contribution in [3.63, 3.8) is 0 Å². The second-order valence-corrected chi connectivity index (χ2v) is 4.39. The zero-order chi connectivity index (χ0) is 12.6. The Morgan fingerprint density at radius 2 is 2.00 bits per heavy atom. The molecule has 0 saturated heterocycles. The van der Waals surface area contributed by atoms with Gasteiger partial charge in [-0.05, 0) is 30.4 Å². The maximum Gasteiger partial charge on any atom is 0.416 e. The summed E-state index contributed by atoms with van der Waals surface area (Å²) in [6, 6.07) is 3.42. The van der Waals surface area contributed by atoms with Crippen LogP contribution < -0.4 is 0 Å². The minimum atomic E-state index is -4.42. The molecule has 17 heavy (non-hydrogen) atoms. The van der Waals surface area contributed by atoms with Gasteiger partial charge in [0.15, 0.2) is 0 Å². The lowest BCUT2D eigenvalue weighted by Gasteiger charge is -2.09. The first kappa shape index (κ1) is 12.2. The number of rotatable bonds is 1. The molecule has 1 N–H and O–H groups in total. The molecule has 0 aliphatic rings. The molecule has 1 heterocycles. The highest BCUT2D eigenvalue weighted by molar-refractivity contribution is 9.10. The monoisotopic (exact) mass is 324 g/mol. The van der Waals surface area contributed by atoms with Gasteiger partial charge < -0.3 is 0 Å². The normalized spacial score (nSPS) is 11.8. The average Bonchev–Trinajstić information content (AvgIpc) is 2.62. The van der Waals surface area contributed by atoms with Crippen molar-refractivity contribution in [3.8, 4) is 5.69 Å². The molecule has 0 atom stereocenters. The first-order chi connectivity index (χ1) is 7.88. The van der Waals surface area contributed by atoms with E-state index in [1.54, 1.807) is 0 Å². The number of nitrogens with one attached hydrogen (secondary N) is 1. The van der Waals surface area contributed by atoms with Gasteiger partial charge in [-0.25, -0.2) is 4.68 Å². The van der Waals surface area contributed by atoms with E-state index in [4.69, 9.17) is 12.2 Å². The number of hydrogen-bond donors (Lipinski definition) is 1. The number of aromatic amines is 1. The van der Waals surface area contributed by atoms with Crippen LogP contribution in [0.25, 0.3) is 5.69 Å². The van der Waals surface area contributed by atoms with Gasteiger partial charge in [-0.1, -0.05) is 26.2 Å². The van der Waals surface area contributed by atoms with E-state index in [1.165, 1.54) is 10.7 Å². The fourth-order valence-corrected chi connectivity index (χ4v) is 1.90. The molecule has 2 rings (SSSR count). The number of H-pyrrole nitrogens is 1. The molecule has 1 aromatic heterocycles. The van der Waals surface area contributed by atoms with Gasteiger partial charge in [0.25, 0.3) is 0 Å². The Hall–Kier alpha value is -1.22. The number of aromatic nitrogens is 4. The smallest absolute Gasteiger partial charge is 0.210 e. The molecule has 2 aromatic rings. The summed E-state index contributed by atoms with van der Waals surface area (Å²) in [5.41, 5.74) is -0.569. The molecular weight excluding hydrogens is 321 g/mol. The molecule has 0 radical (unpaired) electrons. The van der Waals surface area contributed by atoms with Crippen molar-refractivity contribution in [3.05, 3.63) is 33.0 Å². The standard InChI is InChI=1S/C8H4BrF3N4S/c9-5-1-4(8(10,11)12)2-6(3-5)16-7(17)13-14-15-16/h1-3H,(H,13,15,17). The third-order valence-corrected chi connectivity index (χ3v) is 2.66. The lowest BCUT2D eigenvalue weighted by Crippen LogP contribution is -2.07. The van der Waals surface area contributed by atoms with Crippen molar-refractivity contribution >= 4 is 28.1 Å². The first-order valence-corrected chi connectivity index (χ1v) is 5.46. The topological polar surface area (TPSA) is 46.5 Å². The Labute approximate surface area is 107 Å². The minimum Gasteiger partial charge on any atom is -0.210 e. The Morgan fingerprint density at radius 1 is 1.29 bits per heavy atom. The highest BCUT2D eigenvalue weighted by Crippen LogP contribution is 2.32. The highest BCUT2D eigenvalue weighted by atomic mass is 79.9. The predicted octanol–water partition coefficient (Wildman–Crippen LogP) is 3.11. The first-order valence-electron chi connectivity index (χ1n) is 4.26. The minimum absolute atomic E-state index is 0.0521. The Bertz CT molecular complexity index is 603. The molecule has 0 saturated carbocycles. The van der Waals surface area contributed by atoms with Crippen molar-refractivity contribution in [1.82, 2.24) is 20.2 Å². The van der Waals surface area contributed by atoms with Gasteiger partial charge in [-0.15, -0.1) is 0 Å². The van der Waals surface area contributed by atoms with E-state index in [2.05, 4.69) is 31.5 Å². The third kappa shape index (κ3) is 2.55. The summed E-state index contributed by atoms with van der Waals surface area (Å²) in [6.45, 7) is 0. The summed E-state index contributed by atoms with van der Waals surface area (Å²) < 4.78 is 39.3. The third-order valence-electron chi connectivity index (χ3n) is 1.94. The van der Waals surface area contributed by atoms with E-state index in [0.717, 1.165) is 12.1 Å². The number of hydrogen-bond acceptors (Lipinski definition) is 3. The number of alkyl halides is 3. The predicted molar refractivity (Wildman–Crippen MR) is 59.2 cm³/mol. The van der Waals surface area contributed by atoms with Gasteiger partial charge in [0.2, 0.25) is 4.77 Å². The molecule has 0 unspecified atom stereocenters. The van der Waals surface area contributed by atoms with Crippen molar-refractivity contribution < 1.29 is 13.2 Å². The van der Waals surface area contributed by atoms with Crippen LogP contribution in [0.4, 0.5) is 13.2 Å². The van der Waals surface area contributed by atoms with Crippen LogP contribution in [0, 0.1) is 4.77 Å². The van der Waals surface area contributed by atoms with Gasteiger partial charge in [0, 0.05) is 4.47 Å². The maximum absolute atomic E-state index is 12.6. The van der Waals surface area contributed by atoms with Crippen LogP contribution in [-0.4, -0.2) is 20.2 Å². The summed E-state index contributed by atoms with van der Waals surface area (Å²) in [5, 5.41) is 9.29. The molecule has 9 heteroatoms. The van der Waals surface area contributed by atoms with Gasteiger partial charge >= 0.3 is 6.18 Å². The molecule has 1 aromatic carbocycles. The lowest BCUT2D eigenvalue weighted by atomic mass is 10.2. The number of halogens is 4. The molecule has 4 nitrogen and oxygen atoms in total. The summed E-state index contributed by atoms with van der Waals surface area (Å²) in [4.78, 5) is 0. The van der Waals surface area contributed by atoms with Crippen LogP contribution in [0.2, 0.25) is 0 Å². The van der Waals surface area contributed by atoms with Crippen LogP contribution in [0.15, 0.2) is 22.7 Å². The maximum atomic E-state index is 12.6. The number of benzene rings is 1. The zero-order valence-electron chi connectivity index (χ0n) is 7.99. The lowest BCUT2D eigenvalue weighted by molar-refractivity contribution is -0.137. The zero-order valence-corrected chi connectivity index (χ0v) is 10.4. The van der Waals surface area contributed by atoms with Crippen LogP contribution >= 0.6 is 28.1 Å². The van der Waals surface area contributed by atoms with Crippen LogP contribution in [0.1, 0.15) is 5.56 Å². The largest absolute Gasteiger partial charge is 0.416 e. The van der Waals surface area contributed by atoms with Crippen molar-refractivity contribution in [1.29, 1.82) is 0 Å². The molecule has 0 amide bonds. The quantitative estimate of drug-likeness (QED) is 0.820. The van der Waals surface area contributed by atoms with Gasteiger partial charge in [-0.3, -0.25) is 0 Å². The highest BCUT2D eigenvalue weighted by Gasteiger charge is 2.31. The Morgan fingerprint density at radius 3 is 2.53 bits per heavy atom. The Kier molecular flexibility index (Phi) is 3.04. The molecule has 0 spiro atoms. The van der Waals surface area contributed by atoms with E-state index in [1.807, 2.05) is 0 Å². The summed E-state index contributed by atoms with van der Waals surface area (Å²) >= 11 is 7.82. The van der Waals surface area contributed by atoms with E-state index >= 15 is 0 Å². The van der Waals surface area contributed by atoms with Gasteiger partial charge in [-0.2, -0.15) is 18.4 Å². The van der Waals surface area contributed by atoms with Crippen LogP contribution in [0.5, 0.6) is 0 Å². The fraction of sp³-hybridized carbons (Fsp3) is 0.125. The van der Waals surface area contributed by atoms with E-state index in [9.17, 15) is 13.2 Å². The molecule has 90 valence electrons. The molecule has 0 bridgehead atoms. The summed E-state index contributed by atoms with van der Waals surface area (Å²) in [7, 11) is 0. The number of nitrogens with zero attached hydrogens (tertiary/aromatic N) is 3. The summed E-state index contributed by atoms with van der Waals surface area (Å²) in [6.07, 6.45) is -4.42. The molecule has 0 aliphatic heterocycles. The van der Waals surface area contributed by atoms with E-state index in [-0.39, 0.29) is 10.5 Å². The van der Waals surface area contributed by atoms with Gasteiger partial charge in [0.1, 0.15) is 0 Å². The van der Waals surface area contributed by atoms with Gasteiger partial charge in [0.05, 0.1) is 11.3 Å². The second kappa shape index (κ2) is 4.22. The average molecular weight is 325 g/mol. The SMILES string of the molecule is FC(F)(F)c1cc(Br)cc(-n2[nH]nnc2=S)c1. The van der Waals surface area contributed by atoms with Crippen molar-refractivity contribution in [2.24, 2.45) is 0 Å². The van der Waals surface area contributed by atoms with Crippen molar-refractivity contribution in [2.45, 2.75) is 6.18 Å². The van der Waals surface area contributed by atoms with E-state index in [0.29, 0.717) is 4.47 Å². The molecular formula is C8H4BrF3N4S. The Balaban J connectivity index is 2.61. The van der Waals surface area contributed by atoms with Crippen molar-refractivity contribution in [2.75, 3.05) is 0 Å². The van der Waals surface area contributed by atoms with Crippen LogP contribution in [-0.2, 0) is 6.18 Å².